The lowest BCUT2D eigenvalue weighted by Gasteiger charge is -2.41. The fraction of sp³-hybridized carbons (Fsp3) is 0.722. The van der Waals surface area contributed by atoms with Gasteiger partial charge in [0.1, 0.15) is 23.7 Å². The van der Waals surface area contributed by atoms with Crippen molar-refractivity contribution in [3.8, 4) is 0 Å². The third-order valence-corrected chi connectivity index (χ3v) is 4.29. The van der Waals surface area contributed by atoms with Gasteiger partial charge >= 0.3 is 6.09 Å². The molecule has 1 aliphatic rings. The van der Waals surface area contributed by atoms with Gasteiger partial charge in [0.2, 0.25) is 0 Å². The maximum atomic E-state index is 12.1. The van der Waals surface area contributed by atoms with Crippen LogP contribution in [0.4, 0.5) is 4.79 Å². The Morgan fingerprint density at radius 1 is 1.30 bits per heavy atom. The predicted octanol–water partition coefficient (Wildman–Crippen LogP) is 4.28. The molecule has 0 unspecified atom stereocenters. The zero-order valence-corrected chi connectivity index (χ0v) is 15.0. The number of amides is 1. The summed E-state index contributed by atoms with van der Waals surface area (Å²) in [6, 6.07) is 3.90. The van der Waals surface area contributed by atoms with Gasteiger partial charge in [-0.05, 0) is 59.1 Å². The molecule has 1 amide bonds. The molecule has 0 N–H and O–H groups in total. The van der Waals surface area contributed by atoms with E-state index >= 15 is 0 Å². The monoisotopic (exact) mass is 323 g/mol. The minimum Gasteiger partial charge on any atom is -0.464 e. The summed E-state index contributed by atoms with van der Waals surface area (Å²) in [6.07, 6.45) is 2.34. The fourth-order valence-electron chi connectivity index (χ4n) is 2.81. The Hall–Kier alpha value is -1.49. The SMILES string of the molecule is CCC1(OCc2ccc(C)o2)CCN(C(=O)OC(C)(C)C)CC1. The average molecular weight is 323 g/mol. The van der Waals surface area contributed by atoms with Crippen LogP contribution in [0, 0.1) is 6.92 Å². The van der Waals surface area contributed by atoms with Crippen LogP contribution in [0.1, 0.15) is 58.5 Å². The largest absolute Gasteiger partial charge is 0.464 e. The first-order chi connectivity index (χ1) is 10.7. The van der Waals surface area contributed by atoms with E-state index in [1.54, 1.807) is 4.90 Å². The summed E-state index contributed by atoms with van der Waals surface area (Å²) in [7, 11) is 0. The van der Waals surface area contributed by atoms with Crippen LogP contribution in [0.25, 0.3) is 0 Å². The molecule has 0 radical (unpaired) electrons. The number of likely N-dealkylation sites (tertiary alicyclic amines) is 1. The number of furan rings is 1. The van der Waals surface area contributed by atoms with Crippen molar-refractivity contribution >= 4 is 6.09 Å². The van der Waals surface area contributed by atoms with Crippen molar-refractivity contribution in [2.75, 3.05) is 13.1 Å². The molecule has 2 heterocycles. The Bertz CT molecular complexity index is 521. The molecule has 0 aromatic carbocycles. The summed E-state index contributed by atoms with van der Waals surface area (Å²) in [6.45, 7) is 11.5. The zero-order valence-electron chi connectivity index (χ0n) is 15.0. The normalized spacial score (nSPS) is 18.0. The summed E-state index contributed by atoms with van der Waals surface area (Å²) in [5.74, 6) is 1.75. The first kappa shape index (κ1) is 17.9. The summed E-state index contributed by atoms with van der Waals surface area (Å²) in [4.78, 5) is 13.9. The van der Waals surface area contributed by atoms with E-state index in [-0.39, 0.29) is 11.7 Å². The molecule has 0 atom stereocenters. The smallest absolute Gasteiger partial charge is 0.410 e. The highest BCUT2D eigenvalue weighted by atomic mass is 16.6. The number of ether oxygens (including phenoxy) is 2. The quantitative estimate of drug-likeness (QED) is 0.829. The van der Waals surface area contributed by atoms with Gasteiger partial charge in [-0.15, -0.1) is 0 Å². The Morgan fingerprint density at radius 3 is 2.43 bits per heavy atom. The van der Waals surface area contributed by atoms with Crippen LogP contribution in [0.2, 0.25) is 0 Å². The highest BCUT2D eigenvalue weighted by Crippen LogP contribution is 2.31. The molecular formula is C18H29NO4. The highest BCUT2D eigenvalue weighted by Gasteiger charge is 2.36. The molecule has 5 heteroatoms. The van der Waals surface area contributed by atoms with E-state index in [9.17, 15) is 4.79 Å². The first-order valence-electron chi connectivity index (χ1n) is 8.40. The number of aryl methyl sites for hydroxylation is 1. The van der Waals surface area contributed by atoms with E-state index in [1.807, 2.05) is 39.8 Å². The zero-order chi connectivity index (χ0) is 17.1. The number of hydrogen-bond acceptors (Lipinski definition) is 4. The van der Waals surface area contributed by atoms with E-state index in [1.165, 1.54) is 0 Å². The number of piperidine rings is 1. The number of nitrogens with zero attached hydrogens (tertiary/aromatic N) is 1. The van der Waals surface area contributed by atoms with Crippen molar-refractivity contribution in [1.29, 1.82) is 0 Å². The van der Waals surface area contributed by atoms with Gasteiger partial charge in [0.15, 0.2) is 0 Å². The molecule has 1 aliphatic heterocycles. The van der Waals surface area contributed by atoms with Crippen LogP contribution >= 0.6 is 0 Å². The highest BCUT2D eigenvalue weighted by molar-refractivity contribution is 5.68. The lowest BCUT2D eigenvalue weighted by Crippen LogP contribution is -2.49. The lowest BCUT2D eigenvalue weighted by atomic mass is 9.88. The summed E-state index contributed by atoms with van der Waals surface area (Å²) in [5, 5.41) is 0. The van der Waals surface area contributed by atoms with Gasteiger partial charge in [-0.2, -0.15) is 0 Å². The Kier molecular flexibility index (Phi) is 5.40. The van der Waals surface area contributed by atoms with Crippen LogP contribution in [0.3, 0.4) is 0 Å². The molecule has 0 saturated carbocycles. The standard InChI is InChI=1S/C18H29NO4/c1-6-18(21-13-15-8-7-14(2)22-15)9-11-19(12-10-18)16(20)23-17(3,4)5/h7-8H,6,9-13H2,1-5H3. The van der Waals surface area contributed by atoms with Gasteiger partial charge in [-0.3, -0.25) is 0 Å². The molecule has 2 rings (SSSR count). The van der Waals surface area contributed by atoms with Gasteiger partial charge in [-0.1, -0.05) is 6.92 Å². The minimum atomic E-state index is -0.454. The van der Waals surface area contributed by atoms with E-state index in [2.05, 4.69) is 6.92 Å². The lowest BCUT2D eigenvalue weighted by molar-refractivity contribution is -0.0996. The molecule has 0 aliphatic carbocycles. The maximum absolute atomic E-state index is 12.1. The molecule has 0 spiro atoms. The first-order valence-corrected chi connectivity index (χ1v) is 8.40. The second-order valence-electron chi connectivity index (χ2n) is 7.30. The van der Waals surface area contributed by atoms with Gasteiger partial charge in [-0.25, -0.2) is 4.79 Å². The number of hydrogen-bond donors (Lipinski definition) is 0. The van der Waals surface area contributed by atoms with Crippen molar-refractivity contribution in [3.05, 3.63) is 23.7 Å². The Morgan fingerprint density at radius 2 is 1.96 bits per heavy atom. The summed E-state index contributed by atoms with van der Waals surface area (Å²) in [5.41, 5.74) is -0.636. The third kappa shape index (κ3) is 4.99. The number of carbonyl (C=O) groups is 1. The van der Waals surface area contributed by atoms with E-state index < -0.39 is 5.60 Å². The fourth-order valence-corrected chi connectivity index (χ4v) is 2.81. The van der Waals surface area contributed by atoms with E-state index in [0.29, 0.717) is 19.7 Å². The molecule has 1 saturated heterocycles. The summed E-state index contributed by atoms with van der Waals surface area (Å²) >= 11 is 0. The second-order valence-corrected chi connectivity index (χ2v) is 7.30. The number of rotatable bonds is 4. The molecule has 1 fully saturated rings. The average Bonchev–Trinajstić information content (AvgIpc) is 2.89. The van der Waals surface area contributed by atoms with Crippen LogP contribution in [0.15, 0.2) is 16.5 Å². The predicted molar refractivity (Wildman–Crippen MR) is 88.3 cm³/mol. The maximum Gasteiger partial charge on any atom is 0.410 e. The van der Waals surface area contributed by atoms with Crippen LogP contribution in [-0.4, -0.2) is 35.3 Å². The third-order valence-electron chi connectivity index (χ3n) is 4.29. The van der Waals surface area contributed by atoms with Gasteiger partial charge in [0.05, 0.1) is 5.60 Å². The van der Waals surface area contributed by atoms with E-state index in [0.717, 1.165) is 30.8 Å². The molecule has 130 valence electrons. The molecule has 0 bridgehead atoms. The second kappa shape index (κ2) is 6.95. The molecular weight excluding hydrogens is 294 g/mol. The Labute approximate surface area is 138 Å². The Balaban J connectivity index is 1.87. The van der Waals surface area contributed by atoms with E-state index in [4.69, 9.17) is 13.9 Å². The molecule has 5 nitrogen and oxygen atoms in total. The van der Waals surface area contributed by atoms with Gasteiger partial charge in [0, 0.05) is 13.1 Å². The minimum absolute atomic E-state index is 0.181. The van der Waals surface area contributed by atoms with Crippen LogP contribution < -0.4 is 0 Å². The van der Waals surface area contributed by atoms with Crippen molar-refractivity contribution in [3.63, 3.8) is 0 Å². The topological polar surface area (TPSA) is 51.9 Å². The van der Waals surface area contributed by atoms with Crippen LogP contribution in [-0.2, 0) is 16.1 Å². The van der Waals surface area contributed by atoms with Crippen molar-refractivity contribution in [1.82, 2.24) is 4.90 Å². The van der Waals surface area contributed by atoms with Crippen LogP contribution in [0.5, 0.6) is 0 Å². The van der Waals surface area contributed by atoms with Gasteiger partial charge in [0.25, 0.3) is 0 Å². The van der Waals surface area contributed by atoms with Gasteiger partial charge < -0.3 is 18.8 Å². The summed E-state index contributed by atoms with van der Waals surface area (Å²) < 4.78 is 17.2. The molecule has 1 aromatic heterocycles. The molecule has 23 heavy (non-hydrogen) atoms. The van der Waals surface area contributed by atoms with Crippen molar-refractivity contribution in [2.24, 2.45) is 0 Å². The van der Waals surface area contributed by atoms with Crippen molar-refractivity contribution in [2.45, 2.75) is 71.7 Å². The van der Waals surface area contributed by atoms with Crippen molar-refractivity contribution < 1.29 is 18.7 Å². The molecule has 1 aromatic rings. The number of carbonyl (C=O) groups excluding carboxylic acids is 1.